The fraction of sp³-hybridized carbons (Fsp3) is 0.0625. The van der Waals surface area contributed by atoms with Gasteiger partial charge in [0.2, 0.25) is 0 Å². The lowest BCUT2D eigenvalue weighted by molar-refractivity contribution is 0.933. The van der Waals surface area contributed by atoms with Gasteiger partial charge in [-0.05, 0) is 0 Å². The molecule has 0 bridgehead atoms. The average molecular weight is 368 g/mol. The molecule has 0 aliphatic rings. The Morgan fingerprint density at radius 2 is 1.29 bits per heavy atom. The Labute approximate surface area is 153 Å². The molecule has 7 rings (SSSR count). The summed E-state index contributed by atoms with van der Waals surface area (Å²) in [5.41, 5.74) is 7.12. The van der Waals surface area contributed by atoms with Gasteiger partial charge in [-0.1, -0.05) is 0 Å². The maximum Gasteiger partial charge on any atom is 0.200 e. The summed E-state index contributed by atoms with van der Waals surface area (Å²) in [6.45, 7) is 0. The van der Waals surface area contributed by atoms with Crippen molar-refractivity contribution in [1.29, 1.82) is 0 Å². The summed E-state index contributed by atoms with van der Waals surface area (Å²) >= 11 is 0. The van der Waals surface area contributed by atoms with Crippen LogP contribution < -0.4 is 0 Å². The molecule has 2 N–H and O–H groups in total. The molecule has 6 heterocycles. The molecule has 12 nitrogen and oxygen atoms in total. The predicted octanol–water partition coefficient (Wildman–Crippen LogP) is 1.16. The third-order valence-corrected chi connectivity index (χ3v) is 4.80. The predicted molar refractivity (Wildman–Crippen MR) is 99.3 cm³/mol. The van der Waals surface area contributed by atoms with E-state index in [1.54, 1.807) is 6.33 Å². The number of hydrogen-bond donors (Lipinski definition) is 2. The summed E-state index contributed by atoms with van der Waals surface area (Å²) in [6.07, 6.45) is 4.60. The van der Waals surface area contributed by atoms with Crippen molar-refractivity contribution in [3.05, 3.63) is 19.0 Å². The Bertz CT molecular complexity index is 1700. The molecular formula is C16H8N12. The molecular weight excluding hydrogens is 360 g/mol. The SMILES string of the molecule is Cn1cnc2[nH]c3c4nc5ncnc5nc4c4nc5ncnc5[nH]c4c3nc21. The Balaban J connectivity index is 1.85. The number of H-pyrrole nitrogens is 2. The monoisotopic (exact) mass is 368 g/mol. The van der Waals surface area contributed by atoms with E-state index in [1.165, 1.54) is 12.7 Å². The lowest BCUT2D eigenvalue weighted by atomic mass is 10.2. The molecule has 0 saturated carbocycles. The first-order valence-electron chi connectivity index (χ1n) is 8.38. The second-order valence-corrected chi connectivity index (χ2v) is 6.44. The van der Waals surface area contributed by atoms with Gasteiger partial charge in [-0.25, -0.2) is 44.9 Å². The van der Waals surface area contributed by atoms with Crippen LogP contribution in [0.5, 0.6) is 0 Å². The molecule has 0 atom stereocenters. The summed E-state index contributed by atoms with van der Waals surface area (Å²) < 4.78 is 1.84. The molecule has 0 aliphatic carbocycles. The standard InChI is InChI=1S/C16H8N12/c1-28-4-21-15-16(28)27-10-8-6(23-13-14(25-8)20-3-19-13)5-7(9(10)26-15)24-12-11(22-5)17-2-18-12/h2-4,26H,1H3,(H,19,20,23,25). The highest BCUT2D eigenvalue weighted by molar-refractivity contribution is 6.20. The van der Waals surface area contributed by atoms with Gasteiger partial charge in [0.05, 0.1) is 17.4 Å². The van der Waals surface area contributed by atoms with Gasteiger partial charge in [0.1, 0.15) is 34.7 Å². The summed E-state index contributed by atoms with van der Waals surface area (Å²) in [7, 11) is 1.89. The number of aromatic amines is 2. The third kappa shape index (κ3) is 1.57. The molecule has 0 radical (unpaired) electrons. The lowest BCUT2D eigenvalue weighted by Gasteiger charge is -2.08. The molecule has 0 unspecified atom stereocenters. The van der Waals surface area contributed by atoms with E-state index in [-0.39, 0.29) is 0 Å². The van der Waals surface area contributed by atoms with Crippen molar-refractivity contribution >= 4 is 67.0 Å². The molecule has 0 fully saturated rings. The van der Waals surface area contributed by atoms with Crippen LogP contribution in [-0.2, 0) is 7.05 Å². The van der Waals surface area contributed by atoms with E-state index in [9.17, 15) is 0 Å². The van der Waals surface area contributed by atoms with E-state index < -0.39 is 0 Å². The largest absolute Gasteiger partial charge is 0.333 e. The topological polar surface area (TPSA) is 153 Å². The average Bonchev–Trinajstić information content (AvgIpc) is 3.44. The quantitative estimate of drug-likeness (QED) is 0.375. The molecule has 12 heteroatoms. The minimum Gasteiger partial charge on any atom is -0.333 e. The molecule has 1 aromatic carbocycles. The van der Waals surface area contributed by atoms with Crippen molar-refractivity contribution in [3.63, 3.8) is 0 Å². The van der Waals surface area contributed by atoms with Gasteiger partial charge in [0.25, 0.3) is 0 Å². The highest BCUT2D eigenvalue weighted by Crippen LogP contribution is 2.31. The molecule has 0 aliphatic heterocycles. The number of nitrogens with one attached hydrogen (secondary N) is 2. The zero-order chi connectivity index (χ0) is 18.4. The maximum atomic E-state index is 4.82. The summed E-state index contributed by atoms with van der Waals surface area (Å²) in [5.74, 6) is 0. The van der Waals surface area contributed by atoms with Gasteiger partial charge in [0.15, 0.2) is 33.9 Å². The fourth-order valence-corrected chi connectivity index (χ4v) is 3.52. The number of aryl methyl sites for hydroxylation is 1. The summed E-state index contributed by atoms with van der Waals surface area (Å²) in [4.78, 5) is 46.6. The van der Waals surface area contributed by atoms with Crippen molar-refractivity contribution in [3.8, 4) is 0 Å². The number of nitrogens with zero attached hydrogens (tertiary/aromatic N) is 10. The van der Waals surface area contributed by atoms with Crippen LogP contribution in [0.25, 0.3) is 67.0 Å². The van der Waals surface area contributed by atoms with Crippen LogP contribution >= 0.6 is 0 Å². The number of aromatic nitrogens is 12. The normalized spacial score (nSPS) is 12.5. The summed E-state index contributed by atoms with van der Waals surface area (Å²) in [5, 5.41) is 0. The highest BCUT2D eigenvalue weighted by Gasteiger charge is 2.19. The van der Waals surface area contributed by atoms with E-state index in [0.717, 1.165) is 0 Å². The summed E-state index contributed by atoms with van der Waals surface area (Å²) in [6, 6.07) is 0. The molecule has 6 aromatic heterocycles. The van der Waals surface area contributed by atoms with E-state index >= 15 is 0 Å². The number of benzene rings is 1. The van der Waals surface area contributed by atoms with E-state index in [4.69, 9.17) is 4.98 Å². The Hall–Kier alpha value is -4.35. The zero-order valence-electron chi connectivity index (χ0n) is 14.2. The molecule has 0 amide bonds. The Morgan fingerprint density at radius 3 is 2.11 bits per heavy atom. The van der Waals surface area contributed by atoms with Gasteiger partial charge in [-0.2, -0.15) is 0 Å². The Morgan fingerprint density at radius 1 is 0.643 bits per heavy atom. The van der Waals surface area contributed by atoms with E-state index in [0.29, 0.717) is 67.0 Å². The van der Waals surface area contributed by atoms with Crippen molar-refractivity contribution < 1.29 is 0 Å². The van der Waals surface area contributed by atoms with Crippen LogP contribution in [-0.4, -0.2) is 59.4 Å². The first-order chi connectivity index (χ1) is 13.8. The van der Waals surface area contributed by atoms with Crippen LogP contribution in [0.3, 0.4) is 0 Å². The van der Waals surface area contributed by atoms with Gasteiger partial charge < -0.3 is 14.5 Å². The molecule has 0 saturated heterocycles. The van der Waals surface area contributed by atoms with Crippen LogP contribution in [0.2, 0.25) is 0 Å². The minimum absolute atomic E-state index is 0.454. The fourth-order valence-electron chi connectivity index (χ4n) is 3.52. The van der Waals surface area contributed by atoms with E-state index in [1.807, 2.05) is 11.6 Å². The first kappa shape index (κ1) is 13.8. The molecule has 132 valence electrons. The second-order valence-electron chi connectivity index (χ2n) is 6.44. The second kappa shape index (κ2) is 4.49. The van der Waals surface area contributed by atoms with Crippen molar-refractivity contribution in [2.45, 2.75) is 0 Å². The molecule has 7 aromatic rings. The van der Waals surface area contributed by atoms with Crippen molar-refractivity contribution in [1.82, 2.24) is 59.4 Å². The van der Waals surface area contributed by atoms with Gasteiger partial charge >= 0.3 is 0 Å². The van der Waals surface area contributed by atoms with Crippen LogP contribution in [0, 0.1) is 0 Å². The lowest BCUT2D eigenvalue weighted by Crippen LogP contribution is -1.99. The zero-order valence-corrected chi connectivity index (χ0v) is 14.2. The third-order valence-electron chi connectivity index (χ3n) is 4.80. The van der Waals surface area contributed by atoms with E-state index in [2.05, 4.69) is 49.8 Å². The Kier molecular flexibility index (Phi) is 2.21. The smallest absolute Gasteiger partial charge is 0.200 e. The first-order valence-corrected chi connectivity index (χ1v) is 8.38. The number of hydrogen-bond acceptors (Lipinski definition) is 9. The van der Waals surface area contributed by atoms with Crippen molar-refractivity contribution in [2.75, 3.05) is 0 Å². The van der Waals surface area contributed by atoms with Gasteiger partial charge in [-0.15, -0.1) is 0 Å². The van der Waals surface area contributed by atoms with Crippen LogP contribution in [0.4, 0.5) is 0 Å². The van der Waals surface area contributed by atoms with Gasteiger partial charge in [-0.3, -0.25) is 0 Å². The van der Waals surface area contributed by atoms with Crippen LogP contribution in [0.1, 0.15) is 0 Å². The highest BCUT2D eigenvalue weighted by atomic mass is 15.1. The number of fused-ring (bicyclic) bond motifs is 9. The molecule has 0 spiro atoms. The molecule has 28 heavy (non-hydrogen) atoms. The number of imidazole rings is 3. The van der Waals surface area contributed by atoms with Crippen molar-refractivity contribution in [2.24, 2.45) is 7.05 Å². The maximum absolute atomic E-state index is 4.82. The van der Waals surface area contributed by atoms with Gasteiger partial charge in [0, 0.05) is 7.05 Å². The van der Waals surface area contributed by atoms with Crippen LogP contribution in [0.15, 0.2) is 19.0 Å². The number of rotatable bonds is 0. The minimum atomic E-state index is 0.454.